The van der Waals surface area contributed by atoms with E-state index in [-0.39, 0.29) is 18.1 Å². The maximum atomic E-state index is 12.0. The Morgan fingerprint density at radius 2 is 2.00 bits per heavy atom. The first-order chi connectivity index (χ1) is 9.50. The Hall–Kier alpha value is -2.76. The van der Waals surface area contributed by atoms with Gasteiger partial charge < -0.3 is 15.7 Å². The lowest BCUT2D eigenvalue weighted by atomic mass is 10.2. The van der Waals surface area contributed by atoms with Crippen molar-refractivity contribution < 1.29 is 14.6 Å². The molecule has 0 unspecified atom stereocenters. The molecule has 6 nitrogen and oxygen atoms in total. The Labute approximate surface area is 115 Å². The number of carbonyl (C=O) groups is 1. The second-order valence-corrected chi connectivity index (χ2v) is 4.31. The van der Waals surface area contributed by atoms with Crippen LogP contribution in [0.15, 0.2) is 41.3 Å². The maximum Gasteiger partial charge on any atom is 0.358 e. The highest BCUT2D eigenvalue weighted by Crippen LogP contribution is 2.15. The van der Waals surface area contributed by atoms with Gasteiger partial charge in [0.15, 0.2) is 5.69 Å². The van der Waals surface area contributed by atoms with Crippen LogP contribution in [0.4, 0.5) is 0 Å². The third-order valence-electron chi connectivity index (χ3n) is 2.80. The molecular weight excluding hydrogens is 260 g/mol. The molecule has 20 heavy (non-hydrogen) atoms. The van der Waals surface area contributed by atoms with Crippen molar-refractivity contribution in [2.45, 2.75) is 13.5 Å². The molecule has 1 aromatic carbocycles. The van der Waals surface area contributed by atoms with Gasteiger partial charge in [-0.2, -0.15) is 0 Å². The molecule has 0 saturated heterocycles. The van der Waals surface area contributed by atoms with Crippen LogP contribution >= 0.6 is 0 Å². The van der Waals surface area contributed by atoms with Crippen LogP contribution in [0.3, 0.4) is 0 Å². The van der Waals surface area contributed by atoms with Gasteiger partial charge >= 0.3 is 5.97 Å². The molecule has 0 spiro atoms. The predicted molar refractivity (Wildman–Crippen MR) is 73.3 cm³/mol. The van der Waals surface area contributed by atoms with Gasteiger partial charge in [0.1, 0.15) is 6.61 Å². The Kier molecular flexibility index (Phi) is 3.74. The van der Waals surface area contributed by atoms with Crippen LogP contribution in [0.1, 0.15) is 21.6 Å². The molecule has 0 aliphatic heterocycles. The van der Waals surface area contributed by atoms with Crippen molar-refractivity contribution >= 4 is 5.97 Å². The summed E-state index contributed by atoms with van der Waals surface area (Å²) in [4.78, 5) is 23.2. The molecule has 1 aromatic heterocycles. The van der Waals surface area contributed by atoms with Crippen LogP contribution in [0.5, 0.6) is 5.75 Å². The monoisotopic (exact) mass is 274 g/mol. The molecule has 0 aliphatic rings. The fourth-order valence-electron chi connectivity index (χ4n) is 1.81. The number of hydrogen-bond donors (Lipinski definition) is 2. The van der Waals surface area contributed by atoms with Crippen molar-refractivity contribution in [1.82, 2.24) is 4.68 Å². The summed E-state index contributed by atoms with van der Waals surface area (Å²) in [7, 11) is 0. The van der Waals surface area contributed by atoms with Gasteiger partial charge in [-0.25, -0.2) is 4.79 Å². The first-order valence-corrected chi connectivity index (χ1v) is 5.92. The SMILES string of the molecule is Cc1cn(N)c(C(=O)O)c(OCc2ccccc2)c1=O. The van der Waals surface area contributed by atoms with Crippen LogP contribution < -0.4 is 16.0 Å². The number of rotatable bonds is 4. The van der Waals surface area contributed by atoms with E-state index in [1.54, 1.807) is 6.92 Å². The van der Waals surface area contributed by atoms with E-state index < -0.39 is 11.4 Å². The number of nitrogens with zero attached hydrogens (tertiary/aromatic N) is 1. The largest absolute Gasteiger partial charge is 0.482 e. The van der Waals surface area contributed by atoms with Gasteiger partial charge in [-0.05, 0) is 12.5 Å². The lowest BCUT2D eigenvalue weighted by Crippen LogP contribution is -2.26. The first-order valence-electron chi connectivity index (χ1n) is 5.92. The van der Waals surface area contributed by atoms with E-state index in [4.69, 9.17) is 15.7 Å². The van der Waals surface area contributed by atoms with Crippen molar-refractivity contribution in [3.05, 3.63) is 63.6 Å². The average Bonchev–Trinajstić information content (AvgIpc) is 2.41. The lowest BCUT2D eigenvalue weighted by molar-refractivity contribution is 0.0680. The number of aromatic nitrogens is 1. The number of hydrogen-bond acceptors (Lipinski definition) is 4. The fourth-order valence-corrected chi connectivity index (χ4v) is 1.81. The minimum absolute atomic E-state index is 0.0970. The summed E-state index contributed by atoms with van der Waals surface area (Å²) < 4.78 is 6.27. The molecule has 0 bridgehead atoms. The highest BCUT2D eigenvalue weighted by atomic mass is 16.5. The van der Waals surface area contributed by atoms with E-state index in [1.165, 1.54) is 6.20 Å². The third-order valence-corrected chi connectivity index (χ3v) is 2.80. The summed E-state index contributed by atoms with van der Waals surface area (Å²) in [5.41, 5.74) is 0.311. The highest BCUT2D eigenvalue weighted by molar-refractivity contribution is 5.89. The number of aromatic carboxylic acids is 1. The number of carboxylic acids is 1. The van der Waals surface area contributed by atoms with Crippen LogP contribution in [-0.4, -0.2) is 15.8 Å². The van der Waals surface area contributed by atoms with Crippen LogP contribution in [-0.2, 0) is 6.61 Å². The van der Waals surface area contributed by atoms with Crippen molar-refractivity contribution in [3.8, 4) is 5.75 Å². The van der Waals surface area contributed by atoms with E-state index in [9.17, 15) is 9.59 Å². The average molecular weight is 274 g/mol. The number of aryl methyl sites for hydroxylation is 1. The molecule has 0 radical (unpaired) electrons. The summed E-state index contributed by atoms with van der Waals surface area (Å²) in [5, 5.41) is 9.14. The summed E-state index contributed by atoms with van der Waals surface area (Å²) in [6.45, 7) is 1.65. The zero-order chi connectivity index (χ0) is 14.7. The lowest BCUT2D eigenvalue weighted by Gasteiger charge is -2.12. The number of nitrogens with two attached hydrogens (primary N) is 1. The number of nitrogen functional groups attached to an aromatic ring is 1. The molecule has 2 rings (SSSR count). The standard InChI is InChI=1S/C14H14N2O4/c1-9-7-16(15)11(14(18)19)13(12(9)17)20-8-10-5-3-2-4-6-10/h2-7H,8,15H2,1H3,(H,18,19). The first kappa shape index (κ1) is 13.7. The topological polar surface area (TPSA) is 94.6 Å². The van der Waals surface area contributed by atoms with Gasteiger partial charge in [-0.1, -0.05) is 30.3 Å². The molecule has 0 fully saturated rings. The quantitative estimate of drug-likeness (QED) is 0.815. The highest BCUT2D eigenvalue weighted by Gasteiger charge is 2.20. The minimum Gasteiger partial charge on any atom is -0.482 e. The normalized spacial score (nSPS) is 10.2. The molecule has 2 aromatic rings. The van der Waals surface area contributed by atoms with Crippen molar-refractivity contribution in [2.75, 3.05) is 5.84 Å². The third kappa shape index (κ3) is 2.64. The van der Waals surface area contributed by atoms with Gasteiger partial charge in [0.25, 0.3) is 0 Å². The molecular formula is C14H14N2O4. The summed E-state index contributed by atoms with van der Waals surface area (Å²) >= 11 is 0. The zero-order valence-corrected chi connectivity index (χ0v) is 10.9. The second kappa shape index (κ2) is 5.48. The molecule has 3 N–H and O–H groups in total. The van der Waals surface area contributed by atoms with Gasteiger partial charge in [0, 0.05) is 11.8 Å². The molecule has 0 aliphatic carbocycles. The van der Waals surface area contributed by atoms with Crippen molar-refractivity contribution in [1.29, 1.82) is 0 Å². The van der Waals surface area contributed by atoms with Gasteiger partial charge in [-0.3, -0.25) is 9.47 Å². The summed E-state index contributed by atoms with van der Waals surface area (Å²) in [6.07, 6.45) is 1.27. The minimum atomic E-state index is -1.31. The van der Waals surface area contributed by atoms with Gasteiger partial charge in [0.05, 0.1) is 0 Å². The zero-order valence-electron chi connectivity index (χ0n) is 10.9. The fraction of sp³-hybridized carbons (Fsp3) is 0.143. The number of benzene rings is 1. The van der Waals surface area contributed by atoms with E-state index >= 15 is 0 Å². The van der Waals surface area contributed by atoms with Gasteiger partial charge in [-0.15, -0.1) is 0 Å². The number of pyridine rings is 1. The van der Waals surface area contributed by atoms with Crippen molar-refractivity contribution in [3.63, 3.8) is 0 Å². The van der Waals surface area contributed by atoms with Crippen LogP contribution in [0.25, 0.3) is 0 Å². The number of carboxylic acid groups (broad SMARTS) is 1. The Balaban J connectivity index is 2.40. The molecule has 6 heteroatoms. The Morgan fingerprint density at radius 1 is 1.35 bits per heavy atom. The molecule has 1 heterocycles. The van der Waals surface area contributed by atoms with E-state index in [1.807, 2.05) is 30.3 Å². The van der Waals surface area contributed by atoms with Crippen LogP contribution in [0, 0.1) is 6.92 Å². The van der Waals surface area contributed by atoms with E-state index in [0.717, 1.165) is 10.2 Å². The number of ether oxygens (including phenoxy) is 1. The van der Waals surface area contributed by atoms with E-state index in [2.05, 4.69) is 0 Å². The molecule has 0 atom stereocenters. The molecule has 104 valence electrons. The van der Waals surface area contributed by atoms with E-state index in [0.29, 0.717) is 5.56 Å². The second-order valence-electron chi connectivity index (χ2n) is 4.31. The molecule has 0 saturated carbocycles. The molecule has 0 amide bonds. The Bertz CT molecular complexity index is 692. The Morgan fingerprint density at radius 3 is 2.60 bits per heavy atom. The van der Waals surface area contributed by atoms with Crippen molar-refractivity contribution in [2.24, 2.45) is 0 Å². The summed E-state index contributed by atoms with van der Waals surface area (Å²) in [6, 6.07) is 9.14. The van der Waals surface area contributed by atoms with Gasteiger partial charge in [0.2, 0.25) is 11.2 Å². The summed E-state index contributed by atoms with van der Waals surface area (Å²) in [5.74, 6) is 4.02. The smallest absolute Gasteiger partial charge is 0.358 e. The maximum absolute atomic E-state index is 12.0. The predicted octanol–water partition coefficient (Wildman–Crippen LogP) is 1.15. The van der Waals surface area contributed by atoms with Crippen LogP contribution in [0.2, 0.25) is 0 Å².